The molecule has 41 heavy (non-hydrogen) atoms. The largest absolute Gasteiger partial charge is 0.445 e. The fourth-order valence-corrected chi connectivity index (χ4v) is 4.97. The Morgan fingerprint density at radius 1 is 1.07 bits per heavy atom. The highest BCUT2D eigenvalue weighted by molar-refractivity contribution is 5.80. The van der Waals surface area contributed by atoms with Gasteiger partial charge < -0.3 is 15.0 Å². The number of aromatic nitrogens is 3. The monoisotopic (exact) mass is 563 g/mol. The topological polar surface area (TPSA) is 121 Å². The molecule has 0 unspecified atom stereocenters. The summed E-state index contributed by atoms with van der Waals surface area (Å²) in [5.41, 5.74) is 7.22. The number of nitrogens with one attached hydrogen (secondary N) is 3. The highest BCUT2D eigenvalue weighted by atomic mass is 19.1. The average molecular weight is 564 g/mol. The normalized spacial score (nSPS) is 13.8. The Morgan fingerprint density at radius 2 is 1.80 bits per heavy atom. The first-order chi connectivity index (χ1) is 19.9. The number of likely N-dealkylation sites (N-methyl/N-ethyl adjacent to an activating group) is 1. The summed E-state index contributed by atoms with van der Waals surface area (Å²) in [6.45, 7) is 2.44. The van der Waals surface area contributed by atoms with Crippen LogP contribution >= 0.6 is 0 Å². The van der Waals surface area contributed by atoms with Gasteiger partial charge in [0.1, 0.15) is 12.4 Å². The summed E-state index contributed by atoms with van der Waals surface area (Å²) in [4.78, 5) is 39.7. The first-order valence-electron chi connectivity index (χ1n) is 14.0. The molecule has 11 heteroatoms. The van der Waals surface area contributed by atoms with E-state index in [1.54, 1.807) is 31.3 Å². The van der Waals surface area contributed by atoms with Crippen LogP contribution in [0.3, 0.4) is 0 Å². The first kappa shape index (κ1) is 29.7. The number of carbonyl (C=O) groups excluding carboxylic acids is 2. The average Bonchev–Trinajstić information content (AvgIpc) is 3.51. The molecule has 2 aromatic heterocycles. The van der Waals surface area contributed by atoms with Gasteiger partial charge in [0.2, 0.25) is 11.7 Å². The third-order valence-corrected chi connectivity index (χ3v) is 7.27. The number of hydrazine groups is 1. The number of alkyl carbamates (subject to hydrolysis) is 1. The number of carbonyl (C=O) groups is 2. The number of amides is 2. The molecule has 0 aliphatic heterocycles. The lowest BCUT2D eigenvalue weighted by atomic mass is 9.92. The van der Waals surface area contributed by atoms with Crippen molar-refractivity contribution in [3.8, 4) is 0 Å². The number of nitrogens with zero attached hydrogens (tertiary/aromatic N) is 4. The summed E-state index contributed by atoms with van der Waals surface area (Å²) in [7, 11) is 1.76. The fraction of sp³-hybridized carbons (Fsp3) is 0.433. The van der Waals surface area contributed by atoms with Crippen molar-refractivity contribution in [2.75, 3.05) is 30.5 Å². The van der Waals surface area contributed by atoms with E-state index in [2.05, 4.69) is 31.1 Å². The summed E-state index contributed by atoms with van der Waals surface area (Å²) in [6.07, 6.45) is 8.50. The minimum Gasteiger partial charge on any atom is -0.445 e. The molecular formula is C30H38FN7O3. The Kier molecular flexibility index (Phi) is 10.8. The van der Waals surface area contributed by atoms with Crippen LogP contribution in [0.25, 0.3) is 0 Å². The van der Waals surface area contributed by atoms with Crippen LogP contribution < -0.4 is 21.1 Å². The van der Waals surface area contributed by atoms with Gasteiger partial charge in [0, 0.05) is 32.5 Å². The number of rotatable bonds is 13. The lowest BCUT2D eigenvalue weighted by molar-refractivity contribution is -0.124. The summed E-state index contributed by atoms with van der Waals surface area (Å²) < 4.78 is 20.7. The zero-order valence-electron chi connectivity index (χ0n) is 23.6. The van der Waals surface area contributed by atoms with E-state index in [-0.39, 0.29) is 30.7 Å². The van der Waals surface area contributed by atoms with Crippen molar-refractivity contribution in [2.24, 2.45) is 11.8 Å². The maximum atomic E-state index is 15.4. The Labute approximate surface area is 240 Å². The Bertz CT molecular complexity index is 1270. The quantitative estimate of drug-likeness (QED) is 0.259. The number of aryl methyl sites for hydroxylation is 1. The van der Waals surface area contributed by atoms with Crippen LogP contribution in [0.5, 0.6) is 0 Å². The van der Waals surface area contributed by atoms with Gasteiger partial charge in [0.05, 0.1) is 5.92 Å². The molecule has 3 N–H and O–H groups in total. The van der Waals surface area contributed by atoms with E-state index in [0.29, 0.717) is 31.1 Å². The molecular weight excluding hydrogens is 525 g/mol. The molecule has 2 heterocycles. The first-order valence-corrected chi connectivity index (χ1v) is 14.0. The number of anilines is 2. The molecule has 0 bridgehead atoms. The van der Waals surface area contributed by atoms with Crippen molar-refractivity contribution in [3.63, 3.8) is 0 Å². The van der Waals surface area contributed by atoms with Gasteiger partial charge in [-0.2, -0.15) is 4.39 Å². The Morgan fingerprint density at radius 3 is 2.54 bits per heavy atom. The third kappa shape index (κ3) is 9.12. The molecule has 1 atom stereocenters. The van der Waals surface area contributed by atoms with Gasteiger partial charge in [0.25, 0.3) is 0 Å². The maximum Gasteiger partial charge on any atom is 0.407 e. The molecule has 0 spiro atoms. The minimum absolute atomic E-state index is 0.103. The van der Waals surface area contributed by atoms with E-state index in [0.717, 1.165) is 36.8 Å². The lowest BCUT2D eigenvalue weighted by Crippen LogP contribution is -2.42. The second kappa shape index (κ2) is 14.9. The van der Waals surface area contributed by atoms with E-state index in [1.165, 1.54) is 0 Å². The van der Waals surface area contributed by atoms with Gasteiger partial charge in [-0.15, -0.1) is 0 Å². The zero-order valence-corrected chi connectivity index (χ0v) is 23.6. The van der Waals surface area contributed by atoms with Gasteiger partial charge in [0.15, 0.2) is 11.6 Å². The number of pyridine rings is 1. The summed E-state index contributed by atoms with van der Waals surface area (Å²) in [6, 6.07) is 13.2. The summed E-state index contributed by atoms with van der Waals surface area (Å²) >= 11 is 0. The molecule has 2 amide bonds. The van der Waals surface area contributed by atoms with Crippen molar-refractivity contribution in [1.82, 2.24) is 25.7 Å². The molecule has 0 radical (unpaired) electrons. The number of ether oxygens (including phenoxy) is 1. The van der Waals surface area contributed by atoms with Gasteiger partial charge in [-0.25, -0.2) is 14.8 Å². The summed E-state index contributed by atoms with van der Waals surface area (Å²) in [5, 5.41) is 2.72. The highest BCUT2D eigenvalue weighted by Gasteiger charge is 2.27. The molecule has 1 aliphatic carbocycles. The second-order valence-corrected chi connectivity index (χ2v) is 10.4. The van der Waals surface area contributed by atoms with Crippen molar-refractivity contribution in [1.29, 1.82) is 0 Å². The van der Waals surface area contributed by atoms with Crippen molar-refractivity contribution >= 4 is 23.6 Å². The second-order valence-electron chi connectivity index (χ2n) is 10.4. The van der Waals surface area contributed by atoms with Crippen molar-refractivity contribution < 1.29 is 18.7 Å². The van der Waals surface area contributed by atoms with Crippen LogP contribution in [-0.2, 0) is 22.6 Å². The van der Waals surface area contributed by atoms with Crippen LogP contribution in [0.1, 0.15) is 49.1 Å². The molecule has 10 nitrogen and oxygen atoms in total. The molecule has 1 saturated carbocycles. The van der Waals surface area contributed by atoms with Crippen LogP contribution in [0, 0.1) is 24.6 Å². The van der Waals surface area contributed by atoms with Gasteiger partial charge in [-0.3, -0.25) is 20.6 Å². The molecule has 1 fully saturated rings. The Hall–Kier alpha value is -4.28. The predicted molar refractivity (Wildman–Crippen MR) is 154 cm³/mol. The van der Waals surface area contributed by atoms with Crippen molar-refractivity contribution in [3.05, 3.63) is 77.6 Å². The lowest BCUT2D eigenvalue weighted by Gasteiger charge is -2.22. The minimum atomic E-state index is -0.664. The smallest absolute Gasteiger partial charge is 0.407 e. The molecule has 0 saturated heterocycles. The van der Waals surface area contributed by atoms with E-state index in [1.807, 2.05) is 42.5 Å². The van der Waals surface area contributed by atoms with E-state index in [4.69, 9.17) is 4.74 Å². The fourth-order valence-electron chi connectivity index (χ4n) is 4.97. The van der Waals surface area contributed by atoms with E-state index >= 15 is 4.39 Å². The van der Waals surface area contributed by atoms with Crippen LogP contribution in [-0.4, -0.2) is 47.1 Å². The van der Waals surface area contributed by atoms with E-state index in [9.17, 15) is 9.59 Å². The molecule has 3 aromatic rings. The molecule has 218 valence electrons. The van der Waals surface area contributed by atoms with Gasteiger partial charge in [-0.05, 0) is 48.9 Å². The van der Waals surface area contributed by atoms with E-state index < -0.39 is 17.8 Å². The van der Waals surface area contributed by atoms with Gasteiger partial charge in [-0.1, -0.05) is 56.0 Å². The summed E-state index contributed by atoms with van der Waals surface area (Å²) in [5.74, 6) is -0.777. The number of benzene rings is 1. The van der Waals surface area contributed by atoms with Gasteiger partial charge >= 0.3 is 6.09 Å². The van der Waals surface area contributed by atoms with Crippen LogP contribution in [0.4, 0.5) is 20.8 Å². The number of hydrogen-bond donors (Lipinski definition) is 3. The van der Waals surface area contributed by atoms with Crippen molar-refractivity contribution in [2.45, 2.75) is 52.1 Å². The third-order valence-electron chi connectivity index (χ3n) is 7.27. The highest BCUT2D eigenvalue weighted by Crippen LogP contribution is 2.30. The van der Waals surface area contributed by atoms with Crippen LogP contribution in [0.15, 0.2) is 54.9 Å². The number of hydrogen-bond acceptors (Lipinski definition) is 8. The maximum absolute atomic E-state index is 15.4. The molecule has 1 aromatic carbocycles. The number of halogens is 1. The Balaban J connectivity index is 1.35. The SMILES string of the molecule is Cc1nc(NNC(=O)[C@@H](CNC(=O)OCc2ccccc2)CC2CCCC2)c(F)c(N(C)CCc2ccncc2)n1. The molecule has 4 rings (SSSR count). The zero-order chi connectivity index (χ0) is 29.0. The molecule has 1 aliphatic rings. The predicted octanol–water partition coefficient (Wildman–Crippen LogP) is 4.56. The standard InChI is InChI=1S/C30H38FN7O3/c1-21-34-27(26(31)28(35-21)38(2)17-14-22-12-15-32-16-13-22)36-37-29(39)25(18-23-8-6-7-9-23)19-33-30(40)41-20-24-10-4-3-5-11-24/h3-5,10-13,15-16,23,25H,6-9,14,17-20H2,1-2H3,(H,33,40)(H,37,39)(H,34,35,36)/t25-/m1/s1. The van der Waals surface area contributed by atoms with Crippen LogP contribution in [0.2, 0.25) is 0 Å².